The van der Waals surface area contributed by atoms with E-state index in [0.717, 1.165) is 32.0 Å². The zero-order chi connectivity index (χ0) is 10.7. The van der Waals surface area contributed by atoms with E-state index in [0.29, 0.717) is 18.4 Å². The van der Waals surface area contributed by atoms with E-state index in [4.69, 9.17) is 0 Å². The molecule has 0 unspecified atom stereocenters. The third-order valence-electron chi connectivity index (χ3n) is 3.73. The van der Waals surface area contributed by atoms with Crippen molar-refractivity contribution >= 4 is 5.91 Å². The van der Waals surface area contributed by atoms with E-state index in [1.165, 1.54) is 19.3 Å². The summed E-state index contributed by atoms with van der Waals surface area (Å²) in [7, 11) is 0. The van der Waals surface area contributed by atoms with Crippen molar-refractivity contribution < 1.29 is 4.79 Å². The number of hydrogen-bond acceptors (Lipinski definition) is 2. The third-order valence-corrected chi connectivity index (χ3v) is 3.73. The highest BCUT2D eigenvalue weighted by molar-refractivity contribution is 5.75. The Kier molecular flexibility index (Phi) is 3.62. The van der Waals surface area contributed by atoms with Crippen LogP contribution >= 0.6 is 0 Å². The maximum Gasteiger partial charge on any atom is 0.222 e. The summed E-state index contributed by atoms with van der Waals surface area (Å²) in [6.07, 6.45) is 7.04. The Morgan fingerprint density at radius 1 is 1.20 bits per heavy atom. The average molecular weight is 210 g/mol. The van der Waals surface area contributed by atoms with Crippen molar-refractivity contribution in [3.05, 3.63) is 0 Å². The summed E-state index contributed by atoms with van der Waals surface area (Å²) in [5.41, 5.74) is 0. The minimum atomic E-state index is 0.317. The van der Waals surface area contributed by atoms with E-state index in [9.17, 15) is 4.79 Å². The molecule has 2 rings (SSSR count). The molecule has 1 saturated heterocycles. The number of likely N-dealkylation sites (tertiary alicyclic amines) is 1. The number of piperidine rings is 1. The number of nitrogens with zero attached hydrogens (tertiary/aromatic N) is 1. The van der Waals surface area contributed by atoms with Crippen molar-refractivity contribution in [1.29, 1.82) is 0 Å². The smallest absolute Gasteiger partial charge is 0.222 e. The Hall–Kier alpha value is -0.570. The predicted molar refractivity (Wildman–Crippen MR) is 60.7 cm³/mol. The largest absolute Gasteiger partial charge is 0.343 e. The summed E-state index contributed by atoms with van der Waals surface area (Å²) in [5, 5.41) is 3.69. The summed E-state index contributed by atoms with van der Waals surface area (Å²) in [6, 6.07) is 1.44. The van der Waals surface area contributed by atoms with Crippen LogP contribution in [0.25, 0.3) is 0 Å². The molecule has 0 bridgehead atoms. The molecule has 1 amide bonds. The molecular weight excluding hydrogens is 188 g/mol. The normalized spacial score (nSPS) is 23.9. The topological polar surface area (TPSA) is 32.3 Å². The van der Waals surface area contributed by atoms with Gasteiger partial charge >= 0.3 is 0 Å². The molecule has 0 atom stereocenters. The van der Waals surface area contributed by atoms with Crippen LogP contribution in [0.4, 0.5) is 0 Å². The number of carbonyl (C=O) groups excluding carboxylic acids is 1. The van der Waals surface area contributed by atoms with Crippen molar-refractivity contribution in [1.82, 2.24) is 10.2 Å². The Balaban J connectivity index is 1.69. The average Bonchev–Trinajstić information content (AvgIpc) is 2.23. The number of rotatable bonds is 3. The number of nitrogens with one attached hydrogen (secondary N) is 1. The minimum absolute atomic E-state index is 0.317. The molecule has 1 aliphatic carbocycles. The van der Waals surface area contributed by atoms with Gasteiger partial charge in [0.2, 0.25) is 5.91 Å². The van der Waals surface area contributed by atoms with Crippen molar-refractivity contribution in [2.24, 2.45) is 0 Å². The van der Waals surface area contributed by atoms with Gasteiger partial charge in [0.05, 0.1) is 0 Å². The Labute approximate surface area is 92.2 Å². The molecule has 1 N–H and O–H groups in total. The summed E-state index contributed by atoms with van der Waals surface area (Å²) in [6.45, 7) is 3.86. The van der Waals surface area contributed by atoms with Crippen LogP contribution in [-0.2, 0) is 4.79 Å². The predicted octanol–water partition coefficient (Wildman–Crippen LogP) is 1.53. The van der Waals surface area contributed by atoms with Crippen LogP contribution in [0.15, 0.2) is 0 Å². The molecule has 1 saturated carbocycles. The van der Waals surface area contributed by atoms with Gasteiger partial charge in [-0.05, 0) is 25.7 Å². The molecule has 0 spiro atoms. The molecule has 15 heavy (non-hydrogen) atoms. The lowest BCUT2D eigenvalue weighted by molar-refractivity contribution is -0.132. The fourth-order valence-electron chi connectivity index (χ4n) is 2.43. The molecule has 3 heteroatoms. The molecule has 1 aliphatic heterocycles. The fraction of sp³-hybridized carbons (Fsp3) is 0.917. The van der Waals surface area contributed by atoms with Crippen LogP contribution < -0.4 is 5.32 Å². The van der Waals surface area contributed by atoms with Gasteiger partial charge in [0.1, 0.15) is 0 Å². The van der Waals surface area contributed by atoms with Crippen molar-refractivity contribution in [2.75, 3.05) is 13.1 Å². The quantitative estimate of drug-likeness (QED) is 0.766. The first-order chi connectivity index (χ1) is 7.29. The maximum absolute atomic E-state index is 11.5. The fourth-order valence-corrected chi connectivity index (χ4v) is 2.43. The second-order valence-corrected chi connectivity index (χ2v) is 4.80. The second-order valence-electron chi connectivity index (χ2n) is 4.80. The number of carbonyl (C=O) groups is 1. The molecule has 2 aliphatic rings. The molecule has 0 aromatic carbocycles. The first-order valence-electron chi connectivity index (χ1n) is 6.33. The van der Waals surface area contributed by atoms with Crippen molar-refractivity contribution in [3.63, 3.8) is 0 Å². The van der Waals surface area contributed by atoms with Gasteiger partial charge in [-0.2, -0.15) is 0 Å². The van der Waals surface area contributed by atoms with E-state index in [2.05, 4.69) is 5.32 Å². The monoisotopic (exact) mass is 210 g/mol. The van der Waals surface area contributed by atoms with Crippen LogP contribution in [0.3, 0.4) is 0 Å². The van der Waals surface area contributed by atoms with Crippen LogP contribution in [0.5, 0.6) is 0 Å². The van der Waals surface area contributed by atoms with Crippen molar-refractivity contribution in [2.45, 2.75) is 57.5 Å². The highest BCUT2D eigenvalue weighted by atomic mass is 16.2. The van der Waals surface area contributed by atoms with E-state index >= 15 is 0 Å². The van der Waals surface area contributed by atoms with Gasteiger partial charge in [-0.25, -0.2) is 0 Å². The Morgan fingerprint density at radius 3 is 2.27 bits per heavy atom. The van der Waals surface area contributed by atoms with Crippen molar-refractivity contribution in [3.8, 4) is 0 Å². The lowest BCUT2D eigenvalue weighted by Gasteiger charge is -2.37. The van der Waals surface area contributed by atoms with E-state index in [1.807, 2.05) is 11.8 Å². The molecule has 3 nitrogen and oxygen atoms in total. The Bertz CT molecular complexity index is 218. The third kappa shape index (κ3) is 2.71. The van der Waals surface area contributed by atoms with Gasteiger partial charge in [-0.15, -0.1) is 0 Å². The van der Waals surface area contributed by atoms with E-state index in [1.54, 1.807) is 0 Å². The van der Waals surface area contributed by atoms with Crippen LogP contribution in [0.2, 0.25) is 0 Å². The lowest BCUT2D eigenvalue weighted by atomic mass is 9.91. The highest BCUT2D eigenvalue weighted by Gasteiger charge is 2.25. The molecular formula is C12H22N2O. The highest BCUT2D eigenvalue weighted by Crippen LogP contribution is 2.21. The zero-order valence-electron chi connectivity index (χ0n) is 9.67. The van der Waals surface area contributed by atoms with Gasteiger partial charge in [0, 0.05) is 31.6 Å². The summed E-state index contributed by atoms with van der Waals surface area (Å²) >= 11 is 0. The van der Waals surface area contributed by atoms with Gasteiger partial charge < -0.3 is 10.2 Å². The van der Waals surface area contributed by atoms with E-state index < -0.39 is 0 Å². The van der Waals surface area contributed by atoms with Crippen LogP contribution in [0.1, 0.15) is 45.4 Å². The minimum Gasteiger partial charge on any atom is -0.343 e. The first kappa shape index (κ1) is 10.9. The summed E-state index contributed by atoms with van der Waals surface area (Å²) in [5.74, 6) is 0.317. The number of amides is 1. The second kappa shape index (κ2) is 4.97. The summed E-state index contributed by atoms with van der Waals surface area (Å²) in [4.78, 5) is 13.5. The van der Waals surface area contributed by atoms with E-state index in [-0.39, 0.29) is 0 Å². The van der Waals surface area contributed by atoms with Crippen LogP contribution in [0, 0.1) is 0 Å². The molecule has 1 heterocycles. The maximum atomic E-state index is 11.5. The standard InChI is InChI=1S/C12H22N2O/c1-2-12(15)14-8-6-11(7-9-14)13-10-4-3-5-10/h10-11,13H,2-9H2,1H3. The van der Waals surface area contributed by atoms with Crippen LogP contribution in [-0.4, -0.2) is 36.0 Å². The molecule has 0 aromatic rings. The Morgan fingerprint density at radius 2 is 1.80 bits per heavy atom. The number of hydrogen-bond donors (Lipinski definition) is 1. The molecule has 86 valence electrons. The van der Waals surface area contributed by atoms with Gasteiger partial charge in [-0.3, -0.25) is 4.79 Å². The van der Waals surface area contributed by atoms with Gasteiger partial charge in [0.25, 0.3) is 0 Å². The first-order valence-corrected chi connectivity index (χ1v) is 6.33. The lowest BCUT2D eigenvalue weighted by Crippen LogP contribution is -2.49. The zero-order valence-corrected chi connectivity index (χ0v) is 9.67. The SMILES string of the molecule is CCC(=O)N1CCC(NC2CCC2)CC1. The van der Waals surface area contributed by atoms with Gasteiger partial charge in [0.15, 0.2) is 0 Å². The van der Waals surface area contributed by atoms with Gasteiger partial charge in [-0.1, -0.05) is 13.3 Å². The molecule has 0 aromatic heterocycles. The molecule has 0 radical (unpaired) electrons. The molecule has 2 fully saturated rings. The summed E-state index contributed by atoms with van der Waals surface area (Å²) < 4.78 is 0.